The number of hydrogen-bond acceptors (Lipinski definition) is 4. The van der Waals surface area contributed by atoms with Gasteiger partial charge in [-0.2, -0.15) is 5.10 Å². The van der Waals surface area contributed by atoms with E-state index in [9.17, 15) is 9.90 Å². The van der Waals surface area contributed by atoms with Crippen LogP contribution in [0, 0.1) is 0 Å². The highest BCUT2D eigenvalue weighted by Gasteiger charge is 2.15. The average molecular weight is 234 g/mol. The molecule has 0 fully saturated rings. The lowest BCUT2D eigenvalue weighted by Gasteiger charge is -2.03. The van der Waals surface area contributed by atoms with Gasteiger partial charge in [0.2, 0.25) is 5.69 Å². The second-order valence-electron chi connectivity index (χ2n) is 3.31. The maximum atomic E-state index is 10.7. The van der Waals surface area contributed by atoms with Crippen molar-refractivity contribution in [2.75, 3.05) is 7.11 Å². The molecule has 1 aromatic carbocycles. The van der Waals surface area contributed by atoms with Gasteiger partial charge in [0.25, 0.3) is 0 Å². The molecule has 0 spiro atoms. The van der Waals surface area contributed by atoms with Crippen molar-refractivity contribution < 1.29 is 19.7 Å². The highest BCUT2D eigenvalue weighted by molar-refractivity contribution is 5.88. The van der Waals surface area contributed by atoms with E-state index >= 15 is 0 Å². The van der Waals surface area contributed by atoms with E-state index < -0.39 is 5.97 Å². The Kier molecular flexibility index (Phi) is 2.70. The van der Waals surface area contributed by atoms with Crippen LogP contribution in [-0.4, -0.2) is 33.1 Å². The highest BCUT2D eigenvalue weighted by Crippen LogP contribution is 2.20. The van der Waals surface area contributed by atoms with Crippen molar-refractivity contribution in [3.8, 4) is 17.2 Å². The van der Waals surface area contributed by atoms with Gasteiger partial charge in [-0.1, -0.05) is 6.07 Å². The molecule has 0 radical (unpaired) electrons. The first kappa shape index (κ1) is 11.0. The Morgan fingerprint density at radius 3 is 2.82 bits per heavy atom. The summed E-state index contributed by atoms with van der Waals surface area (Å²) in [4.78, 5) is 10.7. The van der Waals surface area contributed by atoms with Gasteiger partial charge in [0.1, 0.15) is 5.75 Å². The fourth-order valence-corrected chi connectivity index (χ4v) is 1.40. The number of aromatic nitrogens is 2. The lowest BCUT2D eigenvalue weighted by atomic mass is 10.3. The number of aromatic carboxylic acids is 1. The van der Waals surface area contributed by atoms with Gasteiger partial charge in [0.05, 0.1) is 19.0 Å². The van der Waals surface area contributed by atoms with E-state index in [1.807, 2.05) is 0 Å². The van der Waals surface area contributed by atoms with Crippen LogP contribution in [0.1, 0.15) is 10.5 Å². The smallest absolute Gasteiger partial charge is 0.360 e. The van der Waals surface area contributed by atoms with E-state index in [4.69, 9.17) is 9.84 Å². The molecule has 0 aliphatic carbocycles. The molecule has 2 aromatic rings. The molecule has 1 heterocycles. The van der Waals surface area contributed by atoms with Crippen LogP contribution in [0.4, 0.5) is 0 Å². The van der Waals surface area contributed by atoms with Crippen molar-refractivity contribution in [1.82, 2.24) is 9.78 Å². The molecular formula is C11H10N2O4. The molecule has 6 nitrogen and oxygen atoms in total. The van der Waals surface area contributed by atoms with E-state index in [2.05, 4.69) is 5.10 Å². The third-order valence-electron chi connectivity index (χ3n) is 2.22. The summed E-state index contributed by atoms with van der Waals surface area (Å²) in [5.41, 5.74) is 0.222. The molecule has 1 aromatic heterocycles. The Labute approximate surface area is 96.7 Å². The van der Waals surface area contributed by atoms with Gasteiger partial charge >= 0.3 is 5.97 Å². The van der Waals surface area contributed by atoms with E-state index in [1.54, 1.807) is 24.3 Å². The number of nitrogens with zero attached hydrogens (tertiary/aromatic N) is 2. The Balaban J connectivity index is 2.46. The van der Waals surface area contributed by atoms with Crippen molar-refractivity contribution in [2.24, 2.45) is 0 Å². The van der Waals surface area contributed by atoms with Crippen molar-refractivity contribution >= 4 is 5.97 Å². The Morgan fingerprint density at radius 2 is 2.24 bits per heavy atom. The summed E-state index contributed by atoms with van der Waals surface area (Å²) in [6, 6.07) is 6.90. The minimum Gasteiger partial charge on any atom is -0.504 e. The molecule has 0 unspecified atom stereocenters. The molecule has 2 rings (SSSR count). The van der Waals surface area contributed by atoms with E-state index in [0.717, 1.165) is 0 Å². The molecule has 0 amide bonds. The fraction of sp³-hybridized carbons (Fsp3) is 0.0909. The Morgan fingerprint density at radius 1 is 1.47 bits per heavy atom. The maximum absolute atomic E-state index is 10.7. The standard InChI is InChI=1S/C11H10N2O4/c1-17-8-4-2-3-7(5-8)13-6-9(14)10(12-13)11(15)16/h2-6,14H,1H3,(H,15,16). The SMILES string of the molecule is COc1cccc(-n2cc(O)c(C(=O)O)n2)c1. The predicted octanol–water partition coefficient (Wildman–Crippen LogP) is 1.28. The number of methoxy groups -OCH3 is 1. The molecule has 0 aliphatic rings. The van der Waals surface area contributed by atoms with Crippen molar-refractivity contribution in [3.05, 3.63) is 36.2 Å². The summed E-state index contributed by atoms with van der Waals surface area (Å²) >= 11 is 0. The summed E-state index contributed by atoms with van der Waals surface area (Å²) in [5.74, 6) is -1.03. The molecule has 88 valence electrons. The van der Waals surface area contributed by atoms with Crippen LogP contribution < -0.4 is 4.74 Å². The van der Waals surface area contributed by atoms with Gasteiger partial charge in [0, 0.05) is 6.07 Å². The normalized spacial score (nSPS) is 10.2. The number of carboxylic acid groups (broad SMARTS) is 1. The second kappa shape index (κ2) is 4.17. The first-order chi connectivity index (χ1) is 8.11. The van der Waals surface area contributed by atoms with Crippen LogP contribution in [0.25, 0.3) is 5.69 Å². The largest absolute Gasteiger partial charge is 0.504 e. The molecule has 0 aliphatic heterocycles. The molecular weight excluding hydrogens is 224 g/mol. The highest BCUT2D eigenvalue weighted by atomic mass is 16.5. The zero-order valence-electron chi connectivity index (χ0n) is 8.99. The van der Waals surface area contributed by atoms with Crippen LogP contribution in [0.2, 0.25) is 0 Å². The van der Waals surface area contributed by atoms with E-state index in [-0.39, 0.29) is 11.4 Å². The zero-order chi connectivity index (χ0) is 12.4. The quantitative estimate of drug-likeness (QED) is 0.835. The second-order valence-corrected chi connectivity index (χ2v) is 3.31. The van der Waals surface area contributed by atoms with Crippen LogP contribution in [0.3, 0.4) is 0 Å². The zero-order valence-corrected chi connectivity index (χ0v) is 8.99. The molecule has 0 bridgehead atoms. The minimum absolute atomic E-state index is 0.375. The molecule has 17 heavy (non-hydrogen) atoms. The fourth-order valence-electron chi connectivity index (χ4n) is 1.40. The van der Waals surface area contributed by atoms with Gasteiger partial charge in [-0.15, -0.1) is 0 Å². The van der Waals surface area contributed by atoms with Gasteiger partial charge in [-0.05, 0) is 12.1 Å². The van der Waals surface area contributed by atoms with Gasteiger partial charge < -0.3 is 14.9 Å². The summed E-state index contributed by atoms with van der Waals surface area (Å²) in [6.07, 6.45) is 1.23. The van der Waals surface area contributed by atoms with Crippen LogP contribution in [0.5, 0.6) is 11.5 Å². The molecule has 0 atom stereocenters. The predicted molar refractivity (Wildman–Crippen MR) is 58.7 cm³/mol. The molecule has 2 N–H and O–H groups in total. The number of rotatable bonds is 3. The van der Waals surface area contributed by atoms with Gasteiger partial charge in [-0.3, -0.25) is 0 Å². The number of aromatic hydroxyl groups is 1. The average Bonchev–Trinajstić information content (AvgIpc) is 2.71. The Bertz CT molecular complexity index is 562. The van der Waals surface area contributed by atoms with Gasteiger partial charge in [-0.25, -0.2) is 9.48 Å². The lowest BCUT2D eigenvalue weighted by Crippen LogP contribution is -2.01. The molecule has 0 saturated heterocycles. The van der Waals surface area contributed by atoms with Crippen LogP contribution in [-0.2, 0) is 0 Å². The first-order valence-corrected chi connectivity index (χ1v) is 4.78. The maximum Gasteiger partial charge on any atom is 0.360 e. The summed E-state index contributed by atoms with van der Waals surface area (Å²) in [5, 5.41) is 21.9. The summed E-state index contributed by atoms with van der Waals surface area (Å²) in [7, 11) is 1.53. The third-order valence-corrected chi connectivity index (χ3v) is 2.22. The summed E-state index contributed by atoms with van der Waals surface area (Å²) in [6.45, 7) is 0. The minimum atomic E-state index is -1.27. The number of carboxylic acids is 1. The van der Waals surface area contributed by atoms with E-state index in [1.165, 1.54) is 18.0 Å². The first-order valence-electron chi connectivity index (χ1n) is 4.78. The molecule has 0 saturated carbocycles. The number of hydrogen-bond donors (Lipinski definition) is 2. The van der Waals surface area contributed by atoms with Crippen LogP contribution >= 0.6 is 0 Å². The number of ether oxygens (including phenoxy) is 1. The van der Waals surface area contributed by atoms with Gasteiger partial charge in [0.15, 0.2) is 5.75 Å². The van der Waals surface area contributed by atoms with Crippen LogP contribution in [0.15, 0.2) is 30.5 Å². The van der Waals surface area contributed by atoms with Crippen molar-refractivity contribution in [1.29, 1.82) is 0 Å². The topological polar surface area (TPSA) is 84.6 Å². The lowest BCUT2D eigenvalue weighted by molar-refractivity contribution is 0.0687. The van der Waals surface area contributed by atoms with Crippen molar-refractivity contribution in [2.45, 2.75) is 0 Å². The number of carbonyl (C=O) groups is 1. The molecule has 6 heteroatoms. The third kappa shape index (κ3) is 2.05. The monoisotopic (exact) mass is 234 g/mol. The summed E-state index contributed by atoms with van der Waals surface area (Å²) < 4.78 is 6.32. The Hall–Kier alpha value is -2.50. The van der Waals surface area contributed by atoms with E-state index in [0.29, 0.717) is 11.4 Å². The van der Waals surface area contributed by atoms with Crippen molar-refractivity contribution in [3.63, 3.8) is 0 Å². The number of benzene rings is 1.